The lowest BCUT2D eigenvalue weighted by atomic mass is 10.0. The summed E-state index contributed by atoms with van der Waals surface area (Å²) in [7, 11) is 0. The van der Waals surface area contributed by atoms with Gasteiger partial charge in [0.1, 0.15) is 5.76 Å². The van der Waals surface area contributed by atoms with E-state index < -0.39 is 0 Å². The van der Waals surface area contributed by atoms with Crippen molar-refractivity contribution in [3.63, 3.8) is 0 Å². The van der Waals surface area contributed by atoms with Crippen LogP contribution in [0.4, 0.5) is 0 Å². The van der Waals surface area contributed by atoms with Crippen molar-refractivity contribution in [3.05, 3.63) is 58.7 Å². The fourth-order valence-corrected chi connectivity index (χ4v) is 2.04. The van der Waals surface area contributed by atoms with E-state index in [9.17, 15) is 4.79 Å². The minimum atomic E-state index is -0.302. The Kier molecular flexibility index (Phi) is 2.00. The van der Waals surface area contributed by atoms with Gasteiger partial charge in [0.2, 0.25) is 0 Å². The van der Waals surface area contributed by atoms with Crippen molar-refractivity contribution in [3.8, 4) is 0 Å². The first-order valence-corrected chi connectivity index (χ1v) is 5.23. The van der Waals surface area contributed by atoms with Gasteiger partial charge in [-0.25, -0.2) is 4.79 Å². The lowest BCUT2D eigenvalue weighted by molar-refractivity contribution is -0.131. The van der Waals surface area contributed by atoms with E-state index in [1.165, 1.54) is 0 Å². The molecule has 2 aliphatic rings. The Morgan fingerprint density at radius 2 is 2.06 bits per heavy atom. The van der Waals surface area contributed by atoms with Gasteiger partial charge in [-0.15, -0.1) is 0 Å². The summed E-state index contributed by atoms with van der Waals surface area (Å²) in [6, 6.07) is 7.86. The van der Waals surface area contributed by atoms with Crippen molar-refractivity contribution in [2.45, 2.75) is 6.42 Å². The molecule has 0 aromatic heterocycles. The molecule has 1 aromatic rings. The first-order valence-electron chi connectivity index (χ1n) is 5.23. The molecule has 0 amide bonds. The van der Waals surface area contributed by atoms with Crippen LogP contribution in [0, 0.1) is 0 Å². The minimum absolute atomic E-state index is 0.302. The highest BCUT2D eigenvalue weighted by atomic mass is 16.5. The molecular weight excluding hydrogens is 200 g/mol. The van der Waals surface area contributed by atoms with Gasteiger partial charge < -0.3 is 4.74 Å². The third-order valence-corrected chi connectivity index (χ3v) is 2.77. The number of rotatable bonds is 0. The average Bonchev–Trinajstić information content (AvgIpc) is 2.44. The van der Waals surface area contributed by atoms with E-state index in [-0.39, 0.29) is 5.97 Å². The number of esters is 1. The molecule has 0 fully saturated rings. The minimum Gasteiger partial charge on any atom is -0.423 e. The molecule has 0 spiro atoms. The third-order valence-electron chi connectivity index (χ3n) is 2.77. The number of hydrogen-bond donors (Lipinski definition) is 0. The number of hydrogen-bond acceptors (Lipinski definition) is 2. The number of carbonyl (C=O) groups excluding carboxylic acids is 1. The Labute approximate surface area is 92.9 Å². The van der Waals surface area contributed by atoms with Gasteiger partial charge in [0, 0.05) is 11.6 Å². The SMILES string of the molecule is O=C1C=c2ccccc2=C2CC=CC=C2O1. The van der Waals surface area contributed by atoms with Crippen LogP contribution in [0.2, 0.25) is 0 Å². The molecule has 0 unspecified atom stereocenters. The molecule has 3 rings (SSSR count). The Balaban J connectivity index is 2.44. The van der Waals surface area contributed by atoms with Crippen LogP contribution >= 0.6 is 0 Å². The maximum Gasteiger partial charge on any atom is 0.336 e. The molecule has 0 atom stereocenters. The van der Waals surface area contributed by atoms with Gasteiger partial charge in [0.25, 0.3) is 0 Å². The second kappa shape index (κ2) is 3.49. The molecule has 2 nitrogen and oxygen atoms in total. The fourth-order valence-electron chi connectivity index (χ4n) is 2.04. The van der Waals surface area contributed by atoms with E-state index in [1.807, 2.05) is 36.4 Å². The van der Waals surface area contributed by atoms with E-state index in [1.54, 1.807) is 6.08 Å². The van der Waals surface area contributed by atoms with Crippen LogP contribution in [0.3, 0.4) is 0 Å². The molecular formula is C14H10O2. The highest BCUT2D eigenvalue weighted by Crippen LogP contribution is 2.21. The lowest BCUT2D eigenvalue weighted by Gasteiger charge is -2.10. The quantitative estimate of drug-likeness (QED) is 0.597. The van der Waals surface area contributed by atoms with Gasteiger partial charge >= 0.3 is 5.97 Å². The van der Waals surface area contributed by atoms with E-state index in [4.69, 9.17) is 4.74 Å². The molecule has 0 bridgehead atoms. The standard InChI is InChI=1S/C14H10O2/c15-14-9-10-5-1-2-6-11(10)12-7-3-4-8-13(12)16-14/h1-6,8-9H,7H2. The highest BCUT2D eigenvalue weighted by Gasteiger charge is 2.15. The molecule has 78 valence electrons. The highest BCUT2D eigenvalue weighted by molar-refractivity contribution is 6.02. The molecule has 0 N–H and O–H groups in total. The van der Waals surface area contributed by atoms with Crippen LogP contribution < -0.4 is 10.4 Å². The zero-order valence-corrected chi connectivity index (χ0v) is 8.64. The smallest absolute Gasteiger partial charge is 0.336 e. The summed E-state index contributed by atoms with van der Waals surface area (Å²) in [6.07, 6.45) is 8.17. The average molecular weight is 210 g/mol. The lowest BCUT2D eigenvalue weighted by Crippen LogP contribution is -2.26. The van der Waals surface area contributed by atoms with Crippen LogP contribution in [0.15, 0.2) is 48.3 Å². The molecule has 1 aliphatic heterocycles. The molecule has 0 saturated carbocycles. The maximum atomic E-state index is 11.5. The first kappa shape index (κ1) is 9.16. The van der Waals surface area contributed by atoms with Crippen LogP contribution in [-0.4, -0.2) is 5.97 Å². The molecule has 1 aromatic carbocycles. The Morgan fingerprint density at radius 1 is 1.19 bits per heavy atom. The second-order valence-corrected chi connectivity index (χ2v) is 3.79. The fraction of sp³-hybridized carbons (Fsp3) is 0.0714. The second-order valence-electron chi connectivity index (χ2n) is 3.79. The van der Waals surface area contributed by atoms with Gasteiger partial charge in [-0.05, 0) is 22.9 Å². The number of carbonyl (C=O) groups is 1. The van der Waals surface area contributed by atoms with Crippen LogP contribution in [0.25, 0.3) is 11.6 Å². The molecule has 1 heterocycles. The zero-order valence-electron chi connectivity index (χ0n) is 8.64. The van der Waals surface area contributed by atoms with Crippen molar-refractivity contribution in [2.75, 3.05) is 0 Å². The molecule has 16 heavy (non-hydrogen) atoms. The van der Waals surface area contributed by atoms with Crippen LogP contribution in [-0.2, 0) is 9.53 Å². The Bertz CT molecular complexity index is 633. The van der Waals surface area contributed by atoms with Gasteiger partial charge in [-0.3, -0.25) is 0 Å². The van der Waals surface area contributed by atoms with Crippen LogP contribution in [0.5, 0.6) is 0 Å². The Hall–Kier alpha value is -2.09. The largest absolute Gasteiger partial charge is 0.423 e. The van der Waals surface area contributed by atoms with E-state index >= 15 is 0 Å². The summed E-state index contributed by atoms with van der Waals surface area (Å²) in [5.74, 6) is 0.373. The maximum absolute atomic E-state index is 11.5. The predicted molar refractivity (Wildman–Crippen MR) is 61.5 cm³/mol. The zero-order chi connectivity index (χ0) is 11.0. The van der Waals surface area contributed by atoms with Crippen molar-refractivity contribution in [1.82, 2.24) is 0 Å². The summed E-state index contributed by atoms with van der Waals surface area (Å²) in [4.78, 5) is 11.5. The number of fused-ring (bicyclic) bond motifs is 2. The molecule has 2 heteroatoms. The Morgan fingerprint density at radius 3 is 3.00 bits per heavy atom. The summed E-state index contributed by atoms with van der Waals surface area (Å²) in [5.41, 5.74) is 1.08. The number of benzene rings is 1. The third kappa shape index (κ3) is 1.39. The van der Waals surface area contributed by atoms with E-state index in [0.29, 0.717) is 5.76 Å². The molecule has 0 radical (unpaired) electrons. The van der Waals surface area contributed by atoms with E-state index in [0.717, 1.165) is 22.4 Å². The van der Waals surface area contributed by atoms with Crippen molar-refractivity contribution < 1.29 is 9.53 Å². The monoisotopic (exact) mass is 210 g/mol. The number of allylic oxidation sites excluding steroid dienone is 4. The van der Waals surface area contributed by atoms with Gasteiger partial charge in [-0.2, -0.15) is 0 Å². The molecule has 0 saturated heterocycles. The molecule has 1 aliphatic carbocycles. The van der Waals surface area contributed by atoms with Crippen LogP contribution in [0.1, 0.15) is 6.42 Å². The predicted octanol–water partition coefficient (Wildman–Crippen LogP) is 1.02. The summed E-state index contributed by atoms with van der Waals surface area (Å²) in [5, 5.41) is 2.02. The van der Waals surface area contributed by atoms with Gasteiger partial charge in [0.05, 0.1) is 0 Å². The first-order chi connectivity index (χ1) is 7.84. The number of ether oxygens (including phenoxy) is 1. The van der Waals surface area contributed by atoms with E-state index in [2.05, 4.69) is 6.08 Å². The van der Waals surface area contributed by atoms with Gasteiger partial charge in [0.15, 0.2) is 0 Å². The van der Waals surface area contributed by atoms with Crippen molar-refractivity contribution in [2.24, 2.45) is 0 Å². The van der Waals surface area contributed by atoms with Gasteiger partial charge in [-0.1, -0.05) is 36.4 Å². The van der Waals surface area contributed by atoms with Crippen molar-refractivity contribution in [1.29, 1.82) is 0 Å². The summed E-state index contributed by atoms with van der Waals surface area (Å²) in [6.45, 7) is 0. The van der Waals surface area contributed by atoms with Crippen molar-refractivity contribution >= 4 is 17.6 Å². The summed E-state index contributed by atoms with van der Waals surface area (Å²) >= 11 is 0. The summed E-state index contributed by atoms with van der Waals surface area (Å²) < 4.78 is 5.28. The topological polar surface area (TPSA) is 26.3 Å². The normalized spacial score (nSPS) is 17.6.